The van der Waals surface area contributed by atoms with Gasteiger partial charge in [0.25, 0.3) is 5.91 Å². The summed E-state index contributed by atoms with van der Waals surface area (Å²) in [6.45, 7) is 0.640. The van der Waals surface area contributed by atoms with Crippen LogP contribution in [0.4, 0.5) is 4.39 Å². The molecule has 0 radical (unpaired) electrons. The number of amides is 1. The number of rotatable bonds is 6. The molecule has 1 amide bonds. The lowest BCUT2D eigenvalue weighted by atomic mass is 10.2. The van der Waals surface area contributed by atoms with Gasteiger partial charge >= 0.3 is 0 Å². The minimum Gasteiger partial charge on any atom is -0.334 e. The van der Waals surface area contributed by atoms with Gasteiger partial charge in [0.05, 0.1) is 30.7 Å². The molecule has 26 heavy (non-hydrogen) atoms. The van der Waals surface area contributed by atoms with E-state index >= 15 is 0 Å². The van der Waals surface area contributed by atoms with E-state index in [1.54, 1.807) is 30.1 Å². The van der Waals surface area contributed by atoms with Crippen LogP contribution in [0.2, 0.25) is 0 Å². The lowest BCUT2D eigenvalue weighted by Gasteiger charge is -2.13. The molecular weight excluding hydrogens is 335 g/mol. The summed E-state index contributed by atoms with van der Waals surface area (Å²) in [5, 5.41) is 15.1. The minimum atomic E-state index is -0.307. The van der Waals surface area contributed by atoms with E-state index in [-0.39, 0.29) is 24.0 Å². The fourth-order valence-corrected chi connectivity index (χ4v) is 2.85. The quantitative estimate of drug-likeness (QED) is 0.737. The maximum atomic E-state index is 13.7. The van der Waals surface area contributed by atoms with Gasteiger partial charge in [-0.3, -0.25) is 9.89 Å². The molecule has 1 saturated carbocycles. The fourth-order valence-electron chi connectivity index (χ4n) is 2.85. The Morgan fingerprint density at radius 1 is 1.38 bits per heavy atom. The maximum absolute atomic E-state index is 13.7. The molecule has 8 heteroatoms. The number of nitrogens with one attached hydrogen (secondary N) is 1. The second kappa shape index (κ2) is 6.70. The molecule has 1 aliphatic carbocycles. The second-order valence-corrected chi connectivity index (χ2v) is 6.65. The lowest BCUT2D eigenvalue weighted by molar-refractivity contribution is 0.0777. The van der Waals surface area contributed by atoms with E-state index < -0.39 is 0 Å². The second-order valence-electron chi connectivity index (χ2n) is 6.65. The predicted molar refractivity (Wildman–Crippen MR) is 91.9 cm³/mol. The first-order chi connectivity index (χ1) is 12.6. The topological polar surface area (TPSA) is 79.7 Å². The van der Waals surface area contributed by atoms with Gasteiger partial charge in [0.2, 0.25) is 0 Å². The molecule has 0 saturated heterocycles. The monoisotopic (exact) mass is 354 g/mol. The third kappa shape index (κ3) is 3.49. The van der Waals surface area contributed by atoms with Crippen molar-refractivity contribution >= 4 is 5.91 Å². The van der Waals surface area contributed by atoms with Crippen molar-refractivity contribution in [3.8, 4) is 0 Å². The van der Waals surface area contributed by atoms with E-state index in [1.165, 1.54) is 29.8 Å². The van der Waals surface area contributed by atoms with Crippen molar-refractivity contribution in [3.05, 3.63) is 65.0 Å². The lowest BCUT2D eigenvalue weighted by Crippen LogP contribution is -2.26. The zero-order valence-electron chi connectivity index (χ0n) is 14.4. The van der Waals surface area contributed by atoms with Gasteiger partial charge in [0.1, 0.15) is 5.82 Å². The molecule has 1 aromatic carbocycles. The zero-order chi connectivity index (χ0) is 18.1. The number of H-pyrrole nitrogens is 1. The Hall–Kier alpha value is -3.03. The summed E-state index contributed by atoms with van der Waals surface area (Å²) in [7, 11) is 1.70. The molecule has 7 nitrogen and oxygen atoms in total. The van der Waals surface area contributed by atoms with Crippen molar-refractivity contribution in [2.75, 3.05) is 7.05 Å². The largest absolute Gasteiger partial charge is 0.334 e. The van der Waals surface area contributed by atoms with Gasteiger partial charge in [-0.25, -0.2) is 9.07 Å². The Labute approximate surface area is 149 Å². The molecule has 0 spiro atoms. The third-order valence-electron chi connectivity index (χ3n) is 4.45. The number of aromatic nitrogens is 5. The summed E-state index contributed by atoms with van der Waals surface area (Å²) < 4.78 is 15.2. The fraction of sp³-hybridized carbons (Fsp3) is 0.333. The van der Waals surface area contributed by atoms with E-state index in [2.05, 4.69) is 20.5 Å². The molecule has 1 N–H and O–H groups in total. The maximum Gasteiger partial charge on any atom is 0.276 e. The molecule has 0 bridgehead atoms. The van der Waals surface area contributed by atoms with Gasteiger partial charge in [0.15, 0.2) is 5.69 Å². The van der Waals surface area contributed by atoms with Gasteiger partial charge in [-0.15, -0.1) is 5.10 Å². The van der Waals surface area contributed by atoms with Crippen LogP contribution in [0.25, 0.3) is 0 Å². The summed E-state index contributed by atoms with van der Waals surface area (Å²) in [4.78, 5) is 14.1. The van der Waals surface area contributed by atoms with E-state index in [4.69, 9.17) is 0 Å². The van der Waals surface area contributed by atoms with Gasteiger partial charge in [0, 0.05) is 18.5 Å². The predicted octanol–water partition coefficient (Wildman–Crippen LogP) is 2.34. The summed E-state index contributed by atoms with van der Waals surface area (Å²) in [6.07, 6.45) is 3.90. The summed E-state index contributed by atoms with van der Waals surface area (Å²) in [5.41, 5.74) is 2.68. The average Bonchev–Trinajstić information content (AvgIpc) is 3.20. The molecule has 134 valence electrons. The van der Waals surface area contributed by atoms with Crippen LogP contribution in [0.5, 0.6) is 0 Å². The number of aromatic amines is 1. The molecule has 1 fully saturated rings. The van der Waals surface area contributed by atoms with E-state index in [0.29, 0.717) is 18.0 Å². The molecular formula is C18H19FN6O. The minimum absolute atomic E-state index is 0.224. The molecule has 0 unspecified atom stereocenters. The Bertz CT molecular complexity index is 929. The zero-order valence-corrected chi connectivity index (χ0v) is 14.4. The van der Waals surface area contributed by atoms with Crippen molar-refractivity contribution in [3.63, 3.8) is 0 Å². The SMILES string of the molecule is CN(Cc1cc(C2CC2)n[nH]1)C(=O)c1cn(Cc2ccccc2F)nn1. The summed E-state index contributed by atoms with van der Waals surface area (Å²) in [6, 6.07) is 8.48. The third-order valence-corrected chi connectivity index (χ3v) is 4.45. The number of carbonyl (C=O) groups is 1. The van der Waals surface area contributed by atoms with Crippen LogP contribution in [0.3, 0.4) is 0 Å². The average molecular weight is 354 g/mol. The Morgan fingerprint density at radius 2 is 2.19 bits per heavy atom. The highest BCUT2D eigenvalue weighted by atomic mass is 19.1. The van der Waals surface area contributed by atoms with Gasteiger partial charge < -0.3 is 4.90 Å². The van der Waals surface area contributed by atoms with Crippen molar-refractivity contribution in [1.29, 1.82) is 0 Å². The first kappa shape index (κ1) is 16.4. The Kier molecular flexibility index (Phi) is 4.24. The summed E-state index contributed by atoms with van der Waals surface area (Å²) >= 11 is 0. The van der Waals surface area contributed by atoms with Crippen LogP contribution in [-0.4, -0.2) is 43.0 Å². The van der Waals surface area contributed by atoms with Crippen LogP contribution in [-0.2, 0) is 13.1 Å². The number of halogens is 1. The number of hydrogen-bond donors (Lipinski definition) is 1. The highest BCUT2D eigenvalue weighted by molar-refractivity contribution is 5.91. The van der Waals surface area contributed by atoms with Gasteiger partial charge in [-0.1, -0.05) is 23.4 Å². The van der Waals surface area contributed by atoms with Crippen LogP contribution < -0.4 is 0 Å². The normalized spacial score (nSPS) is 13.8. The molecule has 4 rings (SSSR count). The molecule has 0 aliphatic heterocycles. The number of carbonyl (C=O) groups excluding carboxylic acids is 1. The Morgan fingerprint density at radius 3 is 2.96 bits per heavy atom. The van der Waals surface area contributed by atoms with Gasteiger partial charge in [-0.2, -0.15) is 5.10 Å². The van der Waals surface area contributed by atoms with E-state index in [9.17, 15) is 9.18 Å². The first-order valence-electron chi connectivity index (χ1n) is 8.53. The number of hydrogen-bond acceptors (Lipinski definition) is 4. The molecule has 2 heterocycles. The number of benzene rings is 1. The standard InChI is InChI=1S/C18H19FN6O/c1-24(10-14-8-16(21-20-14)12-6-7-12)18(26)17-11-25(23-22-17)9-13-4-2-3-5-15(13)19/h2-5,8,11-12H,6-7,9-10H2,1H3,(H,20,21). The van der Waals surface area contributed by atoms with Crippen molar-refractivity contribution in [2.24, 2.45) is 0 Å². The van der Waals surface area contributed by atoms with Crippen LogP contribution >= 0.6 is 0 Å². The van der Waals surface area contributed by atoms with E-state index in [0.717, 1.165) is 11.4 Å². The first-order valence-corrected chi connectivity index (χ1v) is 8.53. The highest BCUT2D eigenvalue weighted by Gasteiger charge is 2.26. The van der Waals surface area contributed by atoms with Crippen molar-refractivity contribution in [1.82, 2.24) is 30.1 Å². The molecule has 1 aliphatic rings. The highest BCUT2D eigenvalue weighted by Crippen LogP contribution is 2.39. The smallest absolute Gasteiger partial charge is 0.276 e. The van der Waals surface area contributed by atoms with Crippen LogP contribution in [0, 0.1) is 5.82 Å². The Balaban J connectivity index is 1.41. The van der Waals surface area contributed by atoms with Crippen molar-refractivity contribution < 1.29 is 9.18 Å². The van der Waals surface area contributed by atoms with Crippen LogP contribution in [0.1, 0.15) is 46.2 Å². The van der Waals surface area contributed by atoms with Crippen LogP contribution in [0.15, 0.2) is 36.5 Å². The van der Waals surface area contributed by atoms with Gasteiger partial charge in [-0.05, 0) is 25.0 Å². The summed E-state index contributed by atoms with van der Waals surface area (Å²) in [5.74, 6) is 0.0188. The number of nitrogens with zero attached hydrogens (tertiary/aromatic N) is 5. The van der Waals surface area contributed by atoms with E-state index in [1.807, 2.05) is 6.07 Å². The molecule has 3 aromatic rings. The molecule has 0 atom stereocenters. The van der Waals surface area contributed by atoms with Crippen molar-refractivity contribution in [2.45, 2.75) is 31.8 Å². The molecule has 2 aromatic heterocycles.